The van der Waals surface area contributed by atoms with Gasteiger partial charge in [-0.25, -0.2) is 47.9 Å². The van der Waals surface area contributed by atoms with Gasteiger partial charge in [0, 0.05) is 11.5 Å². The van der Waals surface area contributed by atoms with Gasteiger partial charge in [0.2, 0.25) is 0 Å². The Morgan fingerprint density at radius 2 is 0.462 bits per heavy atom. The molecule has 0 bridgehead atoms. The van der Waals surface area contributed by atoms with Crippen LogP contribution in [0.15, 0.2) is 308 Å². The molecular formula is C90H75N3O26. The first-order valence-corrected chi connectivity index (χ1v) is 37.5. The summed E-state index contributed by atoms with van der Waals surface area (Å²) in [5, 5.41) is 3.65. The van der Waals surface area contributed by atoms with Crippen molar-refractivity contribution in [2.75, 3.05) is 33.0 Å². The van der Waals surface area contributed by atoms with Crippen LogP contribution in [0.1, 0.15) is 104 Å². The van der Waals surface area contributed by atoms with E-state index in [1.807, 2.05) is 0 Å². The molecule has 13 rings (SSSR count). The number of benzene rings is 10. The molecule has 0 amide bonds. The van der Waals surface area contributed by atoms with E-state index < -0.39 is 185 Å². The molecule has 10 aromatic carbocycles. The largest absolute Gasteiger partial charge is 0.459 e. The van der Waals surface area contributed by atoms with Crippen LogP contribution >= 0.6 is 0 Å². The Balaban J connectivity index is 0.982. The Kier molecular flexibility index (Phi) is 28.6. The monoisotopic (exact) mass is 1610 g/mol. The van der Waals surface area contributed by atoms with E-state index in [1.165, 1.54) is 182 Å². The lowest BCUT2D eigenvalue weighted by Crippen LogP contribution is -2.68. The lowest BCUT2D eigenvalue weighted by molar-refractivity contribution is -0.362. The molecule has 3 aliphatic heterocycles. The first-order chi connectivity index (χ1) is 58.1. The van der Waals surface area contributed by atoms with Gasteiger partial charge in [0.25, 0.3) is 0 Å². The second-order valence-electron chi connectivity index (χ2n) is 26.7. The highest BCUT2D eigenvalue weighted by atomic mass is 16.8. The Morgan fingerprint density at radius 3 is 0.739 bits per heavy atom. The molecule has 0 N–H and O–H groups in total. The zero-order valence-corrected chi connectivity index (χ0v) is 63.0. The van der Waals surface area contributed by atoms with Crippen molar-refractivity contribution in [2.45, 2.75) is 92.1 Å². The van der Waals surface area contributed by atoms with E-state index in [2.05, 4.69) is 10.0 Å². The molecule has 3 saturated heterocycles. The molecule has 0 spiro atoms. The molecule has 0 unspecified atom stereocenters. The van der Waals surface area contributed by atoms with Crippen molar-refractivity contribution in [1.82, 2.24) is 0 Å². The van der Waals surface area contributed by atoms with Crippen molar-refractivity contribution in [2.24, 2.45) is 5.11 Å². The van der Waals surface area contributed by atoms with E-state index >= 15 is 19.2 Å². The zero-order chi connectivity index (χ0) is 82.8. The van der Waals surface area contributed by atoms with Crippen molar-refractivity contribution >= 4 is 59.7 Å². The molecular weight excluding hydrogens is 1540 g/mol. The van der Waals surface area contributed by atoms with Gasteiger partial charge in [-0.2, -0.15) is 0 Å². The van der Waals surface area contributed by atoms with Crippen molar-refractivity contribution < 1.29 is 124 Å². The van der Waals surface area contributed by atoms with E-state index in [4.69, 9.17) is 75.8 Å². The van der Waals surface area contributed by atoms with Gasteiger partial charge in [0.15, 0.2) is 67.7 Å². The SMILES string of the molecule is [N-]=[N+]=NCCO[C@H]1O[C@H](CO[C@H]2O[C@H](COC(=O)c3ccccc3)[C@@H](OC(=O)c3ccccc3)[C@H](OC(=O)c3ccccc3)[C@@H]2OC(=O)c2ccccc2)[C@@H](OC(=O)c2ccccc2)[C@H](O[C@H]2O[C@H](COC(=O)c3ccccc3)[C@@H](OC(=O)c3ccccc3)[C@H](OC(=O)c3ccccc3)[C@@H]2OC(=O)c2ccccc2)[C@@H]1OC(=O)c1ccccc1. The van der Waals surface area contributed by atoms with Crippen molar-refractivity contribution in [1.29, 1.82) is 0 Å². The summed E-state index contributed by atoms with van der Waals surface area (Å²) < 4.78 is 105. The minimum Gasteiger partial charge on any atom is -0.459 e. The van der Waals surface area contributed by atoms with Gasteiger partial charge >= 0.3 is 59.7 Å². The number of esters is 10. The molecule has 0 aromatic heterocycles. The normalized spacial score (nSPS) is 22.4. The fourth-order valence-electron chi connectivity index (χ4n) is 13.0. The molecule has 3 aliphatic rings. The summed E-state index contributed by atoms with van der Waals surface area (Å²) in [7, 11) is 0. The molecule has 0 saturated carbocycles. The van der Waals surface area contributed by atoms with Crippen LogP contribution in [0.3, 0.4) is 0 Å². The number of rotatable bonds is 31. The van der Waals surface area contributed by atoms with Crippen LogP contribution in [-0.4, -0.2) is 185 Å². The first kappa shape index (κ1) is 82.9. The predicted octanol–water partition coefficient (Wildman–Crippen LogP) is 12.4. The van der Waals surface area contributed by atoms with E-state index in [9.17, 15) is 34.3 Å². The lowest BCUT2D eigenvalue weighted by Gasteiger charge is -2.49. The van der Waals surface area contributed by atoms with Gasteiger partial charge in [-0.3, -0.25) is 0 Å². The minimum atomic E-state index is -2.31. The number of carbonyl (C=O) groups is 10. The molecule has 3 heterocycles. The quantitative estimate of drug-likeness (QED) is 0.00972. The number of azide groups is 1. The summed E-state index contributed by atoms with van der Waals surface area (Å²) in [4.78, 5) is 151. The van der Waals surface area contributed by atoms with Crippen molar-refractivity contribution in [3.8, 4) is 0 Å². The van der Waals surface area contributed by atoms with Crippen LogP contribution in [0.25, 0.3) is 10.4 Å². The van der Waals surface area contributed by atoms with E-state index in [0.717, 1.165) is 0 Å². The van der Waals surface area contributed by atoms with E-state index in [0.29, 0.717) is 0 Å². The number of nitrogens with zero attached hydrogens (tertiary/aromatic N) is 3. The van der Waals surface area contributed by atoms with Crippen molar-refractivity contribution in [3.63, 3.8) is 0 Å². The molecule has 0 aliphatic carbocycles. The fraction of sp³-hybridized carbons (Fsp3) is 0.222. The fourth-order valence-corrected chi connectivity index (χ4v) is 13.0. The highest BCUT2D eigenvalue weighted by Gasteiger charge is 2.60. The predicted molar refractivity (Wildman–Crippen MR) is 415 cm³/mol. The standard InChI is InChI=1S/C90H75N3O26/c91-93-92-51-52-104-88-76(117-86(102)64-47-27-9-28-48-64)74(119-90-77(118-87(103)65-49-29-10-30-50-65)73(115-84(100)62-43-23-7-24-44-62)70(112-81(97)59-37-17-4-18-38-59)67(110-90)54-106-79(95)57-33-13-2-14-34-57)71(113-82(98)60-39-19-5-20-40-60)68(108-88)55-107-89-75(116-85(101)63-45-25-8-26-46-63)72(114-83(99)61-41-21-6-22-42-61)69(111-80(96)58-35-15-3-16-36-58)66(109-89)53-105-78(94)56-31-11-1-12-32-56/h1-50,66-77,88-90H,51-55H2/t66-,67-,68-,69-,70-,71-,72+,73+,74+,75+,76+,77+,88+,89+,90-/m1/s1. The Hall–Kier alpha value is -14.0. The molecule has 0 radical (unpaired) electrons. The maximum Gasteiger partial charge on any atom is 0.338 e. The number of carbonyl (C=O) groups excluding carboxylic acids is 10. The van der Waals surface area contributed by atoms with Crippen LogP contribution in [0.4, 0.5) is 0 Å². The second-order valence-corrected chi connectivity index (χ2v) is 26.7. The van der Waals surface area contributed by atoms with Gasteiger partial charge in [-0.1, -0.05) is 187 Å². The second kappa shape index (κ2) is 41.0. The summed E-state index contributed by atoms with van der Waals surface area (Å²) in [6, 6.07) is 75.5. The molecule has 29 nitrogen and oxygen atoms in total. The lowest BCUT2D eigenvalue weighted by atomic mass is 9.95. The maximum atomic E-state index is 15.4. The Labute approximate surface area is 679 Å². The highest BCUT2D eigenvalue weighted by Crippen LogP contribution is 2.39. The third-order valence-corrected chi connectivity index (χ3v) is 18.8. The molecule has 119 heavy (non-hydrogen) atoms. The highest BCUT2D eigenvalue weighted by molar-refractivity contribution is 5.94. The Bertz CT molecular complexity index is 5130. The third kappa shape index (κ3) is 21.7. The Morgan fingerprint density at radius 1 is 0.252 bits per heavy atom. The number of ether oxygens (including phenoxy) is 16. The third-order valence-electron chi connectivity index (χ3n) is 18.8. The molecule has 3 fully saturated rings. The van der Waals surface area contributed by atoms with Crippen molar-refractivity contribution in [3.05, 3.63) is 369 Å². The van der Waals surface area contributed by atoms with E-state index in [-0.39, 0.29) is 55.6 Å². The van der Waals surface area contributed by atoms with Gasteiger partial charge < -0.3 is 75.8 Å². The topological polar surface area (TPSA) is 367 Å². The summed E-state index contributed by atoms with van der Waals surface area (Å²) >= 11 is 0. The molecule has 15 atom stereocenters. The molecule has 606 valence electrons. The van der Waals surface area contributed by atoms with Crippen LogP contribution in [-0.2, 0) is 75.8 Å². The zero-order valence-electron chi connectivity index (χ0n) is 63.0. The smallest absolute Gasteiger partial charge is 0.338 e. The number of hydrogen-bond acceptors (Lipinski definition) is 27. The van der Waals surface area contributed by atoms with Gasteiger partial charge in [0.1, 0.15) is 37.6 Å². The van der Waals surface area contributed by atoms with Crippen LogP contribution in [0, 0.1) is 0 Å². The minimum absolute atomic E-state index is 0.0144. The summed E-state index contributed by atoms with van der Waals surface area (Å²) in [6.07, 6.45) is -30.7. The maximum absolute atomic E-state index is 15.4. The van der Waals surface area contributed by atoms with Crippen LogP contribution < -0.4 is 0 Å². The number of hydrogen-bond donors (Lipinski definition) is 0. The van der Waals surface area contributed by atoms with Crippen LogP contribution in [0.2, 0.25) is 0 Å². The summed E-state index contributed by atoms with van der Waals surface area (Å²) in [5.74, 6) is -10.6. The average Bonchev–Trinajstić information content (AvgIpc) is 0.758. The summed E-state index contributed by atoms with van der Waals surface area (Å²) in [6.45, 7) is -3.70. The average molecular weight is 1610 g/mol. The van der Waals surface area contributed by atoms with Gasteiger partial charge in [0.05, 0.1) is 68.8 Å². The first-order valence-electron chi connectivity index (χ1n) is 37.5. The van der Waals surface area contributed by atoms with Crippen LogP contribution in [0.5, 0.6) is 0 Å². The molecule has 10 aromatic rings. The van der Waals surface area contributed by atoms with Gasteiger partial charge in [-0.15, -0.1) is 0 Å². The van der Waals surface area contributed by atoms with E-state index in [1.54, 1.807) is 121 Å². The van der Waals surface area contributed by atoms with Gasteiger partial charge in [-0.05, 0) is 127 Å². The summed E-state index contributed by atoms with van der Waals surface area (Å²) in [5.41, 5.74) is 9.16. The molecule has 29 heteroatoms.